The highest BCUT2D eigenvalue weighted by Crippen LogP contribution is 2.27. The lowest BCUT2D eigenvalue weighted by Gasteiger charge is -2.26. The number of nitrogens with one attached hydrogen (secondary N) is 1. The topological polar surface area (TPSA) is 35.5 Å². The lowest BCUT2D eigenvalue weighted by molar-refractivity contribution is 0.100. The van der Waals surface area contributed by atoms with Gasteiger partial charge < -0.3 is 10.4 Å². The van der Waals surface area contributed by atoms with Crippen LogP contribution in [0.2, 0.25) is 0 Å². The fourth-order valence-electron chi connectivity index (χ4n) is 2.06. The van der Waals surface area contributed by atoms with Crippen molar-refractivity contribution in [2.45, 2.75) is 52.2 Å². The number of aliphatic hydroxyl groups is 1. The minimum absolute atomic E-state index is 0.217. The highest BCUT2D eigenvalue weighted by Gasteiger charge is 2.30. The van der Waals surface area contributed by atoms with Crippen LogP contribution in [-0.2, 0) is 0 Å². The van der Waals surface area contributed by atoms with Gasteiger partial charge in [-0.25, -0.2) is 0 Å². The molecular formula is C13H28N2O. The van der Waals surface area contributed by atoms with Gasteiger partial charge in [-0.1, -0.05) is 20.8 Å². The number of nitrogens with zero attached hydrogens (tertiary/aromatic N) is 1. The maximum absolute atomic E-state index is 9.93. The molecule has 1 rings (SSSR count). The van der Waals surface area contributed by atoms with E-state index in [0.29, 0.717) is 5.92 Å². The normalized spacial score (nSPS) is 18.4. The van der Waals surface area contributed by atoms with Crippen molar-refractivity contribution >= 4 is 0 Å². The van der Waals surface area contributed by atoms with Crippen LogP contribution in [0.5, 0.6) is 0 Å². The van der Waals surface area contributed by atoms with Crippen molar-refractivity contribution in [3.63, 3.8) is 0 Å². The van der Waals surface area contributed by atoms with Crippen molar-refractivity contribution in [3.05, 3.63) is 0 Å². The summed E-state index contributed by atoms with van der Waals surface area (Å²) in [7, 11) is 0. The van der Waals surface area contributed by atoms with Crippen LogP contribution in [-0.4, -0.2) is 48.3 Å². The minimum Gasteiger partial charge on any atom is -0.390 e. The first-order valence-electron chi connectivity index (χ1n) is 6.76. The second-order valence-corrected chi connectivity index (χ2v) is 5.44. The molecule has 1 fully saturated rings. The van der Waals surface area contributed by atoms with E-state index in [4.69, 9.17) is 0 Å². The Morgan fingerprint density at radius 1 is 1.31 bits per heavy atom. The van der Waals surface area contributed by atoms with Crippen LogP contribution >= 0.6 is 0 Å². The summed E-state index contributed by atoms with van der Waals surface area (Å²) in [5.74, 6) is 0.691. The molecule has 1 unspecified atom stereocenters. The Bertz CT molecular complexity index is 181. The van der Waals surface area contributed by atoms with Gasteiger partial charge in [-0.05, 0) is 31.7 Å². The Morgan fingerprint density at radius 2 is 2.00 bits per heavy atom. The maximum atomic E-state index is 9.93. The van der Waals surface area contributed by atoms with Crippen LogP contribution in [0.1, 0.15) is 40.0 Å². The van der Waals surface area contributed by atoms with E-state index in [2.05, 4.69) is 31.0 Å². The number of rotatable bonds is 9. The number of aliphatic hydroxyl groups excluding tert-OH is 1. The molecule has 0 aliphatic heterocycles. The first-order chi connectivity index (χ1) is 7.63. The molecule has 0 aromatic heterocycles. The van der Waals surface area contributed by atoms with Gasteiger partial charge in [0.05, 0.1) is 6.10 Å². The molecule has 1 aliphatic carbocycles. The average Bonchev–Trinajstić information content (AvgIpc) is 2.99. The summed E-state index contributed by atoms with van der Waals surface area (Å²) in [4.78, 5) is 2.46. The molecule has 1 saturated carbocycles. The van der Waals surface area contributed by atoms with E-state index >= 15 is 0 Å². The summed E-state index contributed by atoms with van der Waals surface area (Å²) in [6, 6.07) is 0.753. The fourth-order valence-corrected chi connectivity index (χ4v) is 2.06. The Labute approximate surface area is 100 Å². The van der Waals surface area contributed by atoms with Gasteiger partial charge in [0.1, 0.15) is 0 Å². The highest BCUT2D eigenvalue weighted by molar-refractivity contribution is 4.86. The van der Waals surface area contributed by atoms with Crippen LogP contribution in [0.25, 0.3) is 0 Å². The van der Waals surface area contributed by atoms with Crippen molar-refractivity contribution < 1.29 is 5.11 Å². The minimum atomic E-state index is -0.217. The van der Waals surface area contributed by atoms with Gasteiger partial charge in [0.15, 0.2) is 0 Å². The van der Waals surface area contributed by atoms with E-state index in [-0.39, 0.29) is 6.10 Å². The molecule has 0 aromatic rings. The Kier molecular flexibility index (Phi) is 6.32. The molecule has 16 heavy (non-hydrogen) atoms. The molecule has 3 nitrogen and oxygen atoms in total. The number of hydrogen-bond acceptors (Lipinski definition) is 3. The summed E-state index contributed by atoms with van der Waals surface area (Å²) in [6.07, 6.45) is 3.56. The molecule has 0 heterocycles. The Hall–Kier alpha value is -0.120. The van der Waals surface area contributed by atoms with E-state index in [1.807, 2.05) is 0 Å². The molecule has 0 amide bonds. The molecule has 0 bridgehead atoms. The van der Waals surface area contributed by atoms with E-state index < -0.39 is 0 Å². The standard InChI is InChI=1S/C13H28N2O/c1-4-7-14-8-13(16)10-15(9-11(2)3)12-5-6-12/h11-14,16H,4-10H2,1-3H3. The smallest absolute Gasteiger partial charge is 0.0791 e. The van der Waals surface area contributed by atoms with E-state index in [1.165, 1.54) is 12.8 Å². The largest absolute Gasteiger partial charge is 0.390 e. The predicted octanol–water partition coefficient (Wildman–Crippen LogP) is 1.47. The highest BCUT2D eigenvalue weighted by atomic mass is 16.3. The zero-order valence-corrected chi connectivity index (χ0v) is 11.1. The van der Waals surface area contributed by atoms with Crippen LogP contribution in [0.15, 0.2) is 0 Å². The maximum Gasteiger partial charge on any atom is 0.0791 e. The van der Waals surface area contributed by atoms with Crippen molar-refractivity contribution in [2.75, 3.05) is 26.2 Å². The summed E-state index contributed by atoms with van der Waals surface area (Å²) in [5, 5.41) is 13.2. The molecule has 2 N–H and O–H groups in total. The molecule has 0 radical (unpaired) electrons. The van der Waals surface area contributed by atoms with Gasteiger partial charge >= 0.3 is 0 Å². The van der Waals surface area contributed by atoms with Gasteiger partial charge in [-0.15, -0.1) is 0 Å². The van der Waals surface area contributed by atoms with Gasteiger partial charge in [-0.3, -0.25) is 4.90 Å². The van der Waals surface area contributed by atoms with Crippen LogP contribution in [0, 0.1) is 5.92 Å². The van der Waals surface area contributed by atoms with E-state index in [9.17, 15) is 5.11 Å². The summed E-state index contributed by atoms with van der Waals surface area (Å²) in [5.41, 5.74) is 0. The second kappa shape index (κ2) is 7.25. The first-order valence-corrected chi connectivity index (χ1v) is 6.76. The Balaban J connectivity index is 2.19. The molecule has 0 spiro atoms. The lowest BCUT2D eigenvalue weighted by Crippen LogP contribution is -2.41. The van der Waals surface area contributed by atoms with Crippen molar-refractivity contribution in [1.82, 2.24) is 10.2 Å². The van der Waals surface area contributed by atoms with Crippen LogP contribution in [0.3, 0.4) is 0 Å². The summed E-state index contributed by atoms with van der Waals surface area (Å²) in [6.45, 7) is 10.3. The van der Waals surface area contributed by atoms with Crippen molar-refractivity contribution in [3.8, 4) is 0 Å². The van der Waals surface area contributed by atoms with E-state index in [1.54, 1.807) is 0 Å². The zero-order valence-electron chi connectivity index (χ0n) is 11.1. The number of hydrogen-bond donors (Lipinski definition) is 2. The molecule has 3 heteroatoms. The zero-order chi connectivity index (χ0) is 12.0. The van der Waals surface area contributed by atoms with Gasteiger partial charge in [0, 0.05) is 25.7 Å². The van der Waals surface area contributed by atoms with E-state index in [0.717, 1.165) is 38.6 Å². The average molecular weight is 228 g/mol. The second-order valence-electron chi connectivity index (χ2n) is 5.44. The third-order valence-electron chi connectivity index (χ3n) is 2.91. The van der Waals surface area contributed by atoms with Crippen molar-refractivity contribution in [2.24, 2.45) is 5.92 Å². The lowest BCUT2D eigenvalue weighted by atomic mass is 10.2. The first kappa shape index (κ1) is 13.9. The van der Waals surface area contributed by atoms with Crippen LogP contribution < -0.4 is 5.32 Å². The molecule has 0 saturated heterocycles. The van der Waals surface area contributed by atoms with Gasteiger partial charge in [-0.2, -0.15) is 0 Å². The molecule has 1 atom stereocenters. The third kappa shape index (κ3) is 5.83. The Morgan fingerprint density at radius 3 is 2.50 bits per heavy atom. The molecule has 96 valence electrons. The molecule has 0 aromatic carbocycles. The molecular weight excluding hydrogens is 200 g/mol. The van der Waals surface area contributed by atoms with Gasteiger partial charge in [0.25, 0.3) is 0 Å². The summed E-state index contributed by atoms with van der Waals surface area (Å²) >= 11 is 0. The SMILES string of the molecule is CCCNCC(O)CN(CC(C)C)C1CC1. The quantitative estimate of drug-likeness (QED) is 0.587. The monoisotopic (exact) mass is 228 g/mol. The van der Waals surface area contributed by atoms with Crippen LogP contribution in [0.4, 0.5) is 0 Å². The van der Waals surface area contributed by atoms with Gasteiger partial charge in [0.2, 0.25) is 0 Å². The molecule has 1 aliphatic rings. The summed E-state index contributed by atoms with van der Waals surface area (Å²) < 4.78 is 0. The fraction of sp³-hybridized carbons (Fsp3) is 1.00. The third-order valence-corrected chi connectivity index (χ3v) is 2.91. The van der Waals surface area contributed by atoms with Crippen molar-refractivity contribution in [1.29, 1.82) is 0 Å². The predicted molar refractivity (Wildman–Crippen MR) is 68.6 cm³/mol.